The van der Waals surface area contributed by atoms with Crippen molar-refractivity contribution in [2.45, 2.75) is 89.6 Å². The summed E-state index contributed by atoms with van der Waals surface area (Å²) in [5.74, 6) is -0.973. The quantitative estimate of drug-likeness (QED) is 0.0981. The van der Waals surface area contributed by atoms with E-state index in [9.17, 15) is 19.2 Å². The normalized spacial score (nSPS) is 12.8. The number of thiazole rings is 2. The van der Waals surface area contributed by atoms with Crippen LogP contribution in [0.15, 0.2) is 77.8 Å². The van der Waals surface area contributed by atoms with Gasteiger partial charge in [-0.2, -0.15) is 0 Å². The van der Waals surface area contributed by atoms with Gasteiger partial charge in [-0.15, -0.1) is 22.7 Å². The molecule has 4 aromatic rings. The smallest absolute Gasteiger partial charge is 0.407 e. The third kappa shape index (κ3) is 13.8. The predicted octanol–water partition coefficient (Wildman–Crippen LogP) is 5.54. The van der Waals surface area contributed by atoms with E-state index in [0.717, 1.165) is 33.1 Å². The fraction of sp³-hybridized carbons (Fsp3) is 0.405. The predicted molar refractivity (Wildman–Crippen MR) is 199 cm³/mol. The largest absolute Gasteiger partial charge is 0.444 e. The Morgan fingerprint density at radius 1 is 0.882 bits per heavy atom. The number of carbonyl (C=O) groups excluding carboxylic acids is 4. The van der Waals surface area contributed by atoms with Gasteiger partial charge in [0.2, 0.25) is 11.8 Å². The molecule has 272 valence electrons. The lowest BCUT2D eigenvalue weighted by atomic mass is 9.96. The molecule has 0 unspecified atom stereocenters. The number of aryl methyl sites for hydroxylation is 1. The van der Waals surface area contributed by atoms with Crippen LogP contribution in [-0.4, -0.2) is 64.0 Å². The summed E-state index contributed by atoms with van der Waals surface area (Å²) in [6.07, 6.45) is 3.66. The Labute approximate surface area is 307 Å². The molecule has 0 aliphatic rings. The average molecular weight is 734 g/mol. The number of urea groups is 1. The lowest BCUT2D eigenvalue weighted by molar-refractivity contribution is -0.127. The Kier molecular flexibility index (Phi) is 15.4. The van der Waals surface area contributed by atoms with Crippen molar-refractivity contribution in [1.82, 2.24) is 30.8 Å². The molecule has 5 amide bonds. The number of hydrogen-bond acceptors (Lipinski definition) is 9. The van der Waals surface area contributed by atoms with E-state index >= 15 is 0 Å². The molecule has 0 aliphatic carbocycles. The molecule has 0 bridgehead atoms. The Hall–Kier alpha value is -4.82. The summed E-state index contributed by atoms with van der Waals surface area (Å²) in [7, 11) is 1.60. The molecule has 0 saturated carbocycles. The summed E-state index contributed by atoms with van der Waals surface area (Å²) in [5.41, 5.74) is 10.1. The number of nitrogens with zero attached hydrogens (tertiary/aromatic N) is 3. The van der Waals surface area contributed by atoms with E-state index < -0.39 is 30.0 Å². The number of hydrogen-bond donors (Lipinski definition) is 4. The van der Waals surface area contributed by atoms with Crippen molar-refractivity contribution in [1.29, 1.82) is 0 Å². The number of nitrogens with two attached hydrogens (primary N) is 1. The summed E-state index contributed by atoms with van der Waals surface area (Å²) < 4.78 is 5.47. The first-order valence-corrected chi connectivity index (χ1v) is 18.7. The molecule has 2 aromatic heterocycles. The van der Waals surface area contributed by atoms with Crippen LogP contribution in [0, 0.1) is 0 Å². The minimum absolute atomic E-state index is 0.125. The monoisotopic (exact) mass is 733 g/mol. The van der Waals surface area contributed by atoms with Gasteiger partial charge in [-0.25, -0.2) is 14.6 Å². The van der Waals surface area contributed by atoms with Crippen molar-refractivity contribution in [3.05, 3.63) is 104 Å². The third-order valence-corrected chi connectivity index (χ3v) is 10.1. The highest BCUT2D eigenvalue weighted by molar-refractivity contribution is 7.09. The molecule has 14 heteroatoms. The van der Waals surface area contributed by atoms with Gasteiger partial charge in [0.15, 0.2) is 0 Å². The first-order chi connectivity index (χ1) is 24.5. The lowest BCUT2D eigenvalue weighted by Crippen LogP contribution is -2.54. The van der Waals surface area contributed by atoms with E-state index in [1.165, 1.54) is 27.6 Å². The van der Waals surface area contributed by atoms with Crippen LogP contribution >= 0.6 is 22.7 Å². The molecule has 0 spiro atoms. The Morgan fingerprint density at radius 3 is 2.20 bits per heavy atom. The minimum Gasteiger partial charge on any atom is -0.444 e. The molecule has 0 fully saturated rings. The van der Waals surface area contributed by atoms with Crippen molar-refractivity contribution in [2.75, 3.05) is 7.05 Å². The van der Waals surface area contributed by atoms with Gasteiger partial charge < -0.3 is 31.3 Å². The highest BCUT2D eigenvalue weighted by Crippen LogP contribution is 2.20. The summed E-state index contributed by atoms with van der Waals surface area (Å²) in [4.78, 5) is 62.7. The summed E-state index contributed by atoms with van der Waals surface area (Å²) in [5, 5.41) is 11.7. The number of alkyl carbamates (subject to hydrolysis) is 1. The number of amides is 5. The van der Waals surface area contributed by atoms with Crippen molar-refractivity contribution in [3.63, 3.8) is 0 Å². The molecule has 2 aromatic carbocycles. The molecule has 0 aliphatic heterocycles. The van der Waals surface area contributed by atoms with Crippen LogP contribution < -0.4 is 21.7 Å². The van der Waals surface area contributed by atoms with Crippen molar-refractivity contribution >= 4 is 46.6 Å². The molecule has 5 N–H and O–H groups in total. The van der Waals surface area contributed by atoms with Crippen LogP contribution in [0.25, 0.3) is 0 Å². The topological polar surface area (TPSA) is 169 Å². The summed E-state index contributed by atoms with van der Waals surface area (Å²) in [6, 6.07) is 17.4. The van der Waals surface area contributed by atoms with E-state index in [-0.39, 0.29) is 37.6 Å². The van der Waals surface area contributed by atoms with Gasteiger partial charge in [-0.05, 0) is 43.2 Å². The van der Waals surface area contributed by atoms with Crippen LogP contribution in [0.4, 0.5) is 9.59 Å². The molecule has 2 heterocycles. The van der Waals surface area contributed by atoms with Gasteiger partial charge in [0, 0.05) is 36.6 Å². The maximum absolute atomic E-state index is 13.7. The molecule has 4 rings (SSSR count). The van der Waals surface area contributed by atoms with E-state index in [1.807, 2.05) is 66.0 Å². The van der Waals surface area contributed by atoms with Crippen molar-refractivity contribution < 1.29 is 23.9 Å². The van der Waals surface area contributed by atoms with E-state index in [1.54, 1.807) is 18.8 Å². The zero-order valence-electron chi connectivity index (χ0n) is 29.2. The molecular weight excluding hydrogens is 687 g/mol. The first kappa shape index (κ1) is 39.0. The second-order valence-corrected chi connectivity index (χ2v) is 14.6. The van der Waals surface area contributed by atoms with Gasteiger partial charge in [0.05, 0.1) is 34.1 Å². The van der Waals surface area contributed by atoms with Crippen molar-refractivity contribution in [2.24, 2.45) is 5.73 Å². The molecule has 0 saturated heterocycles. The van der Waals surface area contributed by atoms with Gasteiger partial charge in [0.25, 0.3) is 0 Å². The van der Waals surface area contributed by atoms with Gasteiger partial charge >= 0.3 is 12.1 Å². The van der Waals surface area contributed by atoms with Crippen LogP contribution in [0.2, 0.25) is 0 Å². The van der Waals surface area contributed by atoms with Crippen LogP contribution in [0.3, 0.4) is 0 Å². The lowest BCUT2D eigenvalue weighted by Gasteiger charge is -2.26. The molecule has 3 atom stereocenters. The summed E-state index contributed by atoms with van der Waals surface area (Å²) >= 11 is 2.94. The maximum Gasteiger partial charge on any atom is 0.407 e. The van der Waals surface area contributed by atoms with E-state index in [0.29, 0.717) is 25.7 Å². The number of aromatic nitrogens is 2. The number of rotatable bonds is 19. The fourth-order valence-electron chi connectivity index (χ4n) is 5.41. The number of nitrogens with one attached hydrogen (secondary N) is 3. The van der Waals surface area contributed by atoms with Crippen molar-refractivity contribution in [3.8, 4) is 0 Å². The van der Waals surface area contributed by atoms with Crippen LogP contribution in [0.5, 0.6) is 0 Å². The zero-order valence-corrected chi connectivity index (χ0v) is 30.9. The number of primary amides is 1. The highest BCUT2D eigenvalue weighted by Gasteiger charge is 2.27. The number of carbonyl (C=O) groups is 4. The van der Waals surface area contributed by atoms with E-state index in [4.69, 9.17) is 10.5 Å². The van der Waals surface area contributed by atoms with Crippen LogP contribution in [-0.2, 0) is 40.3 Å². The number of ether oxygens (including phenoxy) is 1. The number of benzene rings is 2. The fourth-order valence-corrected chi connectivity index (χ4v) is 6.74. The molecule has 51 heavy (non-hydrogen) atoms. The van der Waals surface area contributed by atoms with Crippen LogP contribution in [0.1, 0.15) is 72.2 Å². The standard InChI is InChI=1S/C37H47N7O5S2/c1-25(2)35-41-30(23-50-35)21-44(3)36(47)43-32(19-33(38)45)34(46)40-29(18-27-12-8-5-9-13-27)17-16-28(15-14-26-10-6-4-7-11-26)42-37(48)49-22-31-20-39-24-51-31/h4-13,20,23-25,28-29,32H,14-19,21-22H2,1-3H3,(H2,38,45)(H,40,46)(H,42,48)(H,43,47)/t28-,29+,32+/m1/s1. The maximum atomic E-state index is 13.7. The SMILES string of the molecule is CC(C)c1nc(CN(C)C(=O)N[C@@H](CC(N)=O)C(=O)N[C@@H](CC[C@@H](CCc2ccccc2)NC(=O)OCc2cncs2)Cc2ccccc2)cs1. The van der Waals surface area contributed by atoms with E-state index in [2.05, 4.69) is 39.8 Å². The highest BCUT2D eigenvalue weighted by atomic mass is 32.1. The van der Waals surface area contributed by atoms with Gasteiger partial charge in [-0.1, -0.05) is 74.5 Å². The molecule has 0 radical (unpaired) electrons. The third-order valence-electron chi connectivity index (χ3n) is 8.14. The second kappa shape index (κ2) is 20.1. The average Bonchev–Trinajstić information content (AvgIpc) is 3.82. The second-order valence-electron chi connectivity index (χ2n) is 12.7. The zero-order chi connectivity index (χ0) is 36.6. The molecular formula is C37H47N7O5S2. The Bertz CT molecular complexity index is 1670. The van der Waals surface area contributed by atoms with Gasteiger partial charge in [-0.3, -0.25) is 14.6 Å². The van der Waals surface area contributed by atoms with Gasteiger partial charge in [0.1, 0.15) is 12.6 Å². The summed E-state index contributed by atoms with van der Waals surface area (Å²) in [6.45, 7) is 4.47. The Morgan fingerprint density at radius 2 is 1.57 bits per heavy atom. The molecule has 12 nitrogen and oxygen atoms in total. The first-order valence-electron chi connectivity index (χ1n) is 17.0. The minimum atomic E-state index is -1.19. The Balaban J connectivity index is 1.44.